The van der Waals surface area contributed by atoms with Crippen LogP contribution in [-0.4, -0.2) is 8.42 Å². The molecule has 0 atom stereocenters. The average Bonchev–Trinajstić information content (AvgIpc) is 2.76. The summed E-state index contributed by atoms with van der Waals surface area (Å²) in [5.41, 5.74) is 8.89. The van der Waals surface area contributed by atoms with Crippen molar-refractivity contribution in [2.45, 2.75) is 25.3 Å². The van der Waals surface area contributed by atoms with Crippen molar-refractivity contribution in [1.82, 2.24) is 4.72 Å². The molecule has 6 heteroatoms. The number of hydrogen-bond donors (Lipinski definition) is 2. The SMILES string of the molecule is Cc1cscc1CNS(=O)(=O)c1cccc(N)c1C. The first-order valence-corrected chi connectivity index (χ1v) is 8.21. The van der Waals surface area contributed by atoms with E-state index in [1.54, 1.807) is 36.5 Å². The van der Waals surface area contributed by atoms with Crippen LogP contribution in [-0.2, 0) is 16.6 Å². The summed E-state index contributed by atoms with van der Waals surface area (Å²) in [5, 5.41) is 3.94. The lowest BCUT2D eigenvalue weighted by atomic mass is 10.2. The Morgan fingerprint density at radius 1 is 1.26 bits per heavy atom. The standard InChI is InChI=1S/C13H16N2O2S2/c1-9-7-18-8-11(9)6-15-19(16,17)13-5-3-4-12(14)10(13)2/h3-5,7-8,15H,6,14H2,1-2H3. The van der Waals surface area contributed by atoms with Gasteiger partial charge in [0.25, 0.3) is 0 Å². The Hall–Kier alpha value is -1.37. The van der Waals surface area contributed by atoms with Crippen molar-refractivity contribution in [2.75, 3.05) is 5.73 Å². The summed E-state index contributed by atoms with van der Waals surface area (Å²) in [4.78, 5) is 0.236. The molecule has 0 aliphatic heterocycles. The van der Waals surface area contributed by atoms with Gasteiger partial charge in [-0.05, 0) is 53.4 Å². The van der Waals surface area contributed by atoms with Crippen LogP contribution in [0.25, 0.3) is 0 Å². The zero-order chi connectivity index (χ0) is 14.0. The molecule has 0 amide bonds. The first kappa shape index (κ1) is 14.0. The van der Waals surface area contributed by atoms with Crippen molar-refractivity contribution in [3.8, 4) is 0 Å². The van der Waals surface area contributed by atoms with Crippen LogP contribution in [0.2, 0.25) is 0 Å². The van der Waals surface area contributed by atoms with Gasteiger partial charge in [0.15, 0.2) is 0 Å². The number of nitrogens with one attached hydrogen (secondary N) is 1. The molecule has 3 N–H and O–H groups in total. The highest BCUT2D eigenvalue weighted by molar-refractivity contribution is 7.89. The second-order valence-corrected chi connectivity index (χ2v) is 6.85. The summed E-state index contributed by atoms with van der Waals surface area (Å²) in [7, 11) is -3.53. The number of anilines is 1. The van der Waals surface area contributed by atoms with E-state index in [1.807, 2.05) is 17.7 Å². The molecule has 0 fully saturated rings. The maximum Gasteiger partial charge on any atom is 0.241 e. The highest BCUT2D eigenvalue weighted by Gasteiger charge is 2.17. The molecule has 2 aromatic rings. The van der Waals surface area contributed by atoms with Gasteiger partial charge in [0, 0.05) is 12.2 Å². The Morgan fingerprint density at radius 3 is 2.63 bits per heavy atom. The third-order valence-corrected chi connectivity index (χ3v) is 5.49. The number of hydrogen-bond acceptors (Lipinski definition) is 4. The van der Waals surface area contributed by atoms with E-state index in [4.69, 9.17) is 5.73 Å². The Kier molecular flexibility index (Phi) is 3.93. The van der Waals surface area contributed by atoms with E-state index in [2.05, 4.69) is 4.72 Å². The Morgan fingerprint density at radius 2 is 2.00 bits per heavy atom. The van der Waals surface area contributed by atoms with Crippen LogP contribution in [0.3, 0.4) is 0 Å². The van der Waals surface area contributed by atoms with Crippen LogP contribution in [0, 0.1) is 13.8 Å². The quantitative estimate of drug-likeness (QED) is 0.851. The first-order valence-electron chi connectivity index (χ1n) is 5.78. The molecular weight excluding hydrogens is 280 g/mol. The number of nitrogens with two attached hydrogens (primary N) is 1. The predicted molar refractivity (Wildman–Crippen MR) is 78.7 cm³/mol. The van der Waals surface area contributed by atoms with Crippen LogP contribution in [0.4, 0.5) is 5.69 Å². The van der Waals surface area contributed by atoms with Crippen molar-refractivity contribution in [3.63, 3.8) is 0 Å². The second kappa shape index (κ2) is 5.32. The summed E-state index contributed by atoms with van der Waals surface area (Å²) in [6.07, 6.45) is 0. The Balaban J connectivity index is 2.24. The lowest BCUT2D eigenvalue weighted by Crippen LogP contribution is -2.24. The highest BCUT2D eigenvalue weighted by atomic mass is 32.2. The fraction of sp³-hybridized carbons (Fsp3) is 0.231. The predicted octanol–water partition coefficient (Wildman–Crippen LogP) is 2.43. The highest BCUT2D eigenvalue weighted by Crippen LogP contribution is 2.21. The molecule has 102 valence electrons. The largest absolute Gasteiger partial charge is 0.398 e. The summed E-state index contributed by atoms with van der Waals surface area (Å²) in [6.45, 7) is 3.97. The lowest BCUT2D eigenvalue weighted by Gasteiger charge is -2.10. The van der Waals surface area contributed by atoms with Gasteiger partial charge < -0.3 is 5.73 Å². The third-order valence-electron chi connectivity index (χ3n) is 3.03. The molecule has 0 aliphatic carbocycles. The Bertz CT molecular complexity index is 690. The van der Waals surface area contributed by atoms with E-state index >= 15 is 0 Å². The molecular formula is C13H16N2O2S2. The van der Waals surface area contributed by atoms with Gasteiger partial charge in [-0.25, -0.2) is 13.1 Å². The summed E-state index contributed by atoms with van der Waals surface area (Å²) < 4.78 is 27.1. The molecule has 1 aromatic carbocycles. The number of sulfonamides is 1. The molecule has 4 nitrogen and oxygen atoms in total. The number of nitrogen functional groups attached to an aromatic ring is 1. The van der Waals surface area contributed by atoms with Gasteiger partial charge in [-0.1, -0.05) is 6.07 Å². The molecule has 0 unspecified atom stereocenters. The minimum Gasteiger partial charge on any atom is -0.398 e. The maximum atomic E-state index is 12.2. The smallest absolute Gasteiger partial charge is 0.241 e. The third kappa shape index (κ3) is 2.97. The van der Waals surface area contributed by atoms with E-state index in [0.717, 1.165) is 11.1 Å². The number of aryl methyl sites for hydroxylation is 1. The van der Waals surface area contributed by atoms with Crippen LogP contribution < -0.4 is 10.5 Å². The zero-order valence-corrected chi connectivity index (χ0v) is 12.4. The molecule has 0 saturated heterocycles. The van der Waals surface area contributed by atoms with E-state index < -0.39 is 10.0 Å². The summed E-state index contributed by atoms with van der Waals surface area (Å²) >= 11 is 1.56. The molecule has 2 rings (SSSR count). The van der Waals surface area contributed by atoms with Gasteiger partial charge in [-0.2, -0.15) is 11.3 Å². The fourth-order valence-electron chi connectivity index (χ4n) is 1.74. The normalized spacial score (nSPS) is 11.7. The fourth-order valence-corrected chi connectivity index (χ4v) is 3.88. The van der Waals surface area contributed by atoms with Gasteiger partial charge in [0.1, 0.15) is 0 Å². The number of thiophene rings is 1. The molecule has 0 bridgehead atoms. The van der Waals surface area contributed by atoms with Crippen molar-refractivity contribution in [3.05, 3.63) is 45.6 Å². The van der Waals surface area contributed by atoms with Crippen molar-refractivity contribution in [1.29, 1.82) is 0 Å². The summed E-state index contributed by atoms with van der Waals surface area (Å²) in [5.74, 6) is 0. The average molecular weight is 296 g/mol. The molecule has 19 heavy (non-hydrogen) atoms. The summed E-state index contributed by atoms with van der Waals surface area (Å²) in [6, 6.07) is 4.90. The van der Waals surface area contributed by atoms with Crippen LogP contribution in [0.5, 0.6) is 0 Å². The van der Waals surface area contributed by atoms with Crippen LogP contribution in [0.15, 0.2) is 33.9 Å². The molecule has 0 radical (unpaired) electrons. The van der Waals surface area contributed by atoms with Gasteiger partial charge >= 0.3 is 0 Å². The van der Waals surface area contributed by atoms with Gasteiger partial charge in [0.05, 0.1) is 4.90 Å². The molecule has 1 aromatic heterocycles. The van der Waals surface area contributed by atoms with Crippen molar-refractivity contribution >= 4 is 27.0 Å². The van der Waals surface area contributed by atoms with Crippen LogP contribution in [0.1, 0.15) is 16.7 Å². The number of rotatable bonds is 4. The molecule has 0 spiro atoms. The Labute approximate surface area is 117 Å². The van der Waals surface area contributed by atoms with E-state index in [9.17, 15) is 8.42 Å². The zero-order valence-electron chi connectivity index (χ0n) is 10.8. The minimum atomic E-state index is -3.53. The van der Waals surface area contributed by atoms with E-state index in [1.165, 1.54) is 0 Å². The molecule has 1 heterocycles. The van der Waals surface area contributed by atoms with Crippen molar-refractivity contribution in [2.24, 2.45) is 0 Å². The van der Waals surface area contributed by atoms with Crippen molar-refractivity contribution < 1.29 is 8.42 Å². The van der Waals surface area contributed by atoms with E-state index in [-0.39, 0.29) is 4.90 Å². The molecule has 0 saturated carbocycles. The lowest BCUT2D eigenvalue weighted by molar-refractivity contribution is 0.580. The molecule has 0 aliphatic rings. The van der Waals surface area contributed by atoms with Gasteiger partial charge in [-0.15, -0.1) is 0 Å². The van der Waals surface area contributed by atoms with Crippen LogP contribution >= 0.6 is 11.3 Å². The van der Waals surface area contributed by atoms with E-state index in [0.29, 0.717) is 17.8 Å². The topological polar surface area (TPSA) is 72.2 Å². The maximum absolute atomic E-state index is 12.2. The first-order chi connectivity index (χ1) is 8.92. The van der Waals surface area contributed by atoms with Gasteiger partial charge in [0.2, 0.25) is 10.0 Å². The minimum absolute atomic E-state index is 0.236. The van der Waals surface area contributed by atoms with Gasteiger partial charge in [-0.3, -0.25) is 0 Å². The number of benzene rings is 1. The monoisotopic (exact) mass is 296 g/mol. The second-order valence-electron chi connectivity index (χ2n) is 4.37.